The Morgan fingerprint density at radius 3 is 2.81 bits per heavy atom. The second-order valence-electron chi connectivity index (χ2n) is 4.10. The van der Waals surface area contributed by atoms with E-state index in [1.807, 2.05) is 0 Å². The fraction of sp³-hybridized carbons (Fsp3) is 0.385. The number of carbonyl (C=O) groups is 1. The Balaban J connectivity index is 1.80. The van der Waals surface area contributed by atoms with Gasteiger partial charge < -0.3 is 9.47 Å². The third-order valence-corrected chi connectivity index (χ3v) is 2.59. The Bertz CT molecular complexity index is 585. The summed E-state index contributed by atoms with van der Waals surface area (Å²) in [4.78, 5) is 11.6. The smallest absolute Gasteiger partial charge is 0.378 e. The number of rotatable bonds is 7. The van der Waals surface area contributed by atoms with E-state index in [0.717, 1.165) is 0 Å². The van der Waals surface area contributed by atoms with Crippen LogP contribution in [0.5, 0.6) is 5.75 Å². The number of tetrazole rings is 1. The standard InChI is InChI=1S/C13H15FN4O3/c1-2-20-13(19)12-15-16-17-18(12)8-3-9-21-11-6-4-10(14)5-7-11/h4-7H,2-3,8-9H2,1H3. The zero-order chi connectivity index (χ0) is 15.1. The number of esters is 1. The van der Waals surface area contributed by atoms with Crippen molar-refractivity contribution in [1.82, 2.24) is 20.2 Å². The molecule has 0 saturated heterocycles. The van der Waals surface area contributed by atoms with Crippen molar-refractivity contribution in [2.45, 2.75) is 19.9 Å². The first kappa shape index (κ1) is 14.9. The van der Waals surface area contributed by atoms with E-state index < -0.39 is 5.97 Å². The largest absolute Gasteiger partial charge is 0.494 e. The molecule has 0 amide bonds. The number of benzene rings is 1. The molecule has 1 aromatic carbocycles. The average molecular weight is 294 g/mol. The Morgan fingerprint density at radius 1 is 1.33 bits per heavy atom. The number of ether oxygens (including phenoxy) is 2. The Kier molecular flexibility index (Phi) is 5.19. The minimum Gasteiger partial charge on any atom is -0.494 e. The summed E-state index contributed by atoms with van der Waals surface area (Å²) in [5.74, 6) is -0.213. The lowest BCUT2D eigenvalue weighted by molar-refractivity contribution is 0.0503. The van der Waals surface area contributed by atoms with Gasteiger partial charge in [-0.05, 0) is 41.6 Å². The van der Waals surface area contributed by atoms with Crippen LogP contribution in [0, 0.1) is 5.82 Å². The molecule has 0 unspecified atom stereocenters. The summed E-state index contributed by atoms with van der Waals surface area (Å²) < 4.78 is 24.4. The summed E-state index contributed by atoms with van der Waals surface area (Å²) >= 11 is 0. The number of hydrogen-bond donors (Lipinski definition) is 0. The summed E-state index contributed by atoms with van der Waals surface area (Å²) in [7, 11) is 0. The fourth-order valence-electron chi connectivity index (χ4n) is 1.63. The first-order chi connectivity index (χ1) is 10.2. The number of aromatic nitrogens is 4. The van der Waals surface area contributed by atoms with E-state index in [1.54, 1.807) is 19.1 Å². The normalized spacial score (nSPS) is 10.4. The van der Waals surface area contributed by atoms with Gasteiger partial charge in [0.25, 0.3) is 5.82 Å². The van der Waals surface area contributed by atoms with Crippen LogP contribution in [0.4, 0.5) is 4.39 Å². The first-order valence-electron chi connectivity index (χ1n) is 6.52. The molecule has 0 saturated carbocycles. The van der Waals surface area contributed by atoms with Crippen molar-refractivity contribution < 1.29 is 18.7 Å². The van der Waals surface area contributed by atoms with E-state index in [9.17, 15) is 9.18 Å². The quantitative estimate of drug-likeness (QED) is 0.568. The Labute approximate surface area is 120 Å². The van der Waals surface area contributed by atoms with Gasteiger partial charge in [0.15, 0.2) is 0 Å². The van der Waals surface area contributed by atoms with Gasteiger partial charge in [0.2, 0.25) is 0 Å². The predicted molar refractivity (Wildman–Crippen MR) is 70.3 cm³/mol. The minimum absolute atomic E-state index is 0.0682. The molecule has 0 N–H and O–H groups in total. The molecule has 1 aromatic heterocycles. The molecule has 0 aliphatic carbocycles. The highest BCUT2D eigenvalue weighted by molar-refractivity contribution is 5.85. The molecule has 112 valence electrons. The lowest BCUT2D eigenvalue weighted by atomic mass is 10.3. The Hall–Kier alpha value is -2.51. The number of halogens is 1. The maximum Gasteiger partial charge on any atom is 0.378 e. The molecular weight excluding hydrogens is 279 g/mol. The van der Waals surface area contributed by atoms with Crippen LogP contribution in [-0.4, -0.2) is 39.4 Å². The zero-order valence-corrected chi connectivity index (χ0v) is 11.5. The van der Waals surface area contributed by atoms with E-state index >= 15 is 0 Å². The van der Waals surface area contributed by atoms with Gasteiger partial charge in [-0.1, -0.05) is 0 Å². The third-order valence-electron chi connectivity index (χ3n) is 2.59. The summed E-state index contributed by atoms with van der Waals surface area (Å²) in [5.41, 5.74) is 0. The maximum absolute atomic E-state index is 12.7. The SMILES string of the molecule is CCOC(=O)c1nnnn1CCCOc1ccc(F)cc1. The molecule has 2 rings (SSSR count). The van der Waals surface area contributed by atoms with Gasteiger partial charge in [0.05, 0.1) is 13.2 Å². The summed E-state index contributed by atoms with van der Waals surface area (Å²) in [6, 6.07) is 5.76. The average Bonchev–Trinajstić information content (AvgIpc) is 2.94. The topological polar surface area (TPSA) is 79.1 Å². The van der Waals surface area contributed by atoms with Gasteiger partial charge in [0, 0.05) is 13.0 Å². The van der Waals surface area contributed by atoms with E-state index in [1.165, 1.54) is 16.8 Å². The highest BCUT2D eigenvalue weighted by atomic mass is 19.1. The summed E-state index contributed by atoms with van der Waals surface area (Å²) in [6.45, 7) is 2.79. The first-order valence-corrected chi connectivity index (χ1v) is 6.52. The van der Waals surface area contributed by atoms with Crippen molar-refractivity contribution in [2.75, 3.05) is 13.2 Å². The Morgan fingerprint density at radius 2 is 2.10 bits per heavy atom. The van der Waals surface area contributed by atoms with Gasteiger partial charge in [0.1, 0.15) is 11.6 Å². The molecule has 0 bridgehead atoms. The van der Waals surface area contributed by atoms with Crippen LogP contribution in [-0.2, 0) is 11.3 Å². The van der Waals surface area contributed by atoms with Gasteiger partial charge in [-0.2, -0.15) is 0 Å². The van der Waals surface area contributed by atoms with Crippen LogP contribution in [0.1, 0.15) is 24.0 Å². The molecule has 0 aliphatic rings. The highest BCUT2D eigenvalue weighted by Crippen LogP contribution is 2.11. The second kappa shape index (κ2) is 7.32. The van der Waals surface area contributed by atoms with Crippen molar-refractivity contribution in [3.63, 3.8) is 0 Å². The lowest BCUT2D eigenvalue weighted by Crippen LogP contribution is -2.15. The summed E-state index contributed by atoms with van der Waals surface area (Å²) in [5, 5.41) is 10.8. The van der Waals surface area contributed by atoms with Crippen LogP contribution in [0.15, 0.2) is 24.3 Å². The molecule has 0 aliphatic heterocycles. The fourth-order valence-corrected chi connectivity index (χ4v) is 1.63. The van der Waals surface area contributed by atoms with E-state index in [-0.39, 0.29) is 18.2 Å². The van der Waals surface area contributed by atoms with Crippen LogP contribution < -0.4 is 4.74 Å². The van der Waals surface area contributed by atoms with Crippen molar-refractivity contribution >= 4 is 5.97 Å². The van der Waals surface area contributed by atoms with Crippen LogP contribution >= 0.6 is 0 Å². The highest BCUT2D eigenvalue weighted by Gasteiger charge is 2.16. The van der Waals surface area contributed by atoms with Crippen LogP contribution in [0.2, 0.25) is 0 Å². The van der Waals surface area contributed by atoms with E-state index in [2.05, 4.69) is 15.5 Å². The van der Waals surface area contributed by atoms with Gasteiger partial charge in [-0.15, -0.1) is 5.10 Å². The molecule has 0 spiro atoms. The molecule has 1 heterocycles. The zero-order valence-electron chi connectivity index (χ0n) is 11.5. The molecule has 2 aromatic rings. The number of hydrogen-bond acceptors (Lipinski definition) is 6. The lowest BCUT2D eigenvalue weighted by Gasteiger charge is -2.06. The molecule has 8 heteroatoms. The molecule has 0 fully saturated rings. The molecule has 0 atom stereocenters. The molecule has 21 heavy (non-hydrogen) atoms. The van der Waals surface area contributed by atoms with Crippen molar-refractivity contribution in [3.8, 4) is 5.75 Å². The molecular formula is C13H15FN4O3. The van der Waals surface area contributed by atoms with Gasteiger partial charge in [-0.3, -0.25) is 0 Å². The number of aryl methyl sites for hydroxylation is 1. The molecule has 0 radical (unpaired) electrons. The monoisotopic (exact) mass is 294 g/mol. The maximum atomic E-state index is 12.7. The van der Waals surface area contributed by atoms with Crippen molar-refractivity contribution in [1.29, 1.82) is 0 Å². The van der Waals surface area contributed by atoms with Crippen molar-refractivity contribution in [3.05, 3.63) is 35.9 Å². The van der Waals surface area contributed by atoms with E-state index in [4.69, 9.17) is 9.47 Å². The van der Waals surface area contributed by atoms with Crippen LogP contribution in [0.3, 0.4) is 0 Å². The summed E-state index contributed by atoms with van der Waals surface area (Å²) in [6.07, 6.45) is 0.592. The van der Waals surface area contributed by atoms with Crippen LogP contribution in [0.25, 0.3) is 0 Å². The number of carbonyl (C=O) groups excluding carboxylic acids is 1. The van der Waals surface area contributed by atoms with Crippen molar-refractivity contribution in [2.24, 2.45) is 0 Å². The van der Waals surface area contributed by atoms with Gasteiger partial charge in [-0.25, -0.2) is 13.9 Å². The number of nitrogens with zero attached hydrogens (tertiary/aromatic N) is 4. The van der Waals surface area contributed by atoms with E-state index in [0.29, 0.717) is 25.3 Å². The van der Waals surface area contributed by atoms with Gasteiger partial charge >= 0.3 is 5.97 Å². The predicted octanol–water partition coefficient (Wildman–Crippen LogP) is 1.46. The third kappa shape index (κ3) is 4.23. The molecule has 7 nitrogen and oxygen atoms in total. The second-order valence-corrected chi connectivity index (χ2v) is 4.10. The minimum atomic E-state index is -0.554.